The Hall–Kier alpha value is -0.860. The van der Waals surface area contributed by atoms with Crippen LogP contribution in [0.3, 0.4) is 0 Å². The minimum atomic E-state index is 0.116. The van der Waals surface area contributed by atoms with Gasteiger partial charge in [-0.2, -0.15) is 5.10 Å². The predicted octanol–water partition coefficient (Wildman–Crippen LogP) is 1.81. The van der Waals surface area contributed by atoms with E-state index in [2.05, 4.69) is 30.9 Å². The topological polar surface area (TPSA) is 30.7 Å². The molecule has 1 heterocycles. The van der Waals surface area contributed by atoms with Crippen LogP contribution in [0.2, 0.25) is 0 Å². The van der Waals surface area contributed by atoms with Crippen LogP contribution in [0.15, 0.2) is 12.7 Å². The molecule has 62 valence electrons. The lowest BCUT2D eigenvalue weighted by Crippen LogP contribution is -2.26. The maximum atomic E-state index is 4.11. The van der Waals surface area contributed by atoms with Gasteiger partial charge in [0.2, 0.25) is 0 Å². The summed E-state index contributed by atoms with van der Waals surface area (Å²) in [6, 6.07) is 0. The van der Waals surface area contributed by atoms with Gasteiger partial charge in [0, 0.05) is 0 Å². The van der Waals surface area contributed by atoms with Gasteiger partial charge in [-0.05, 0) is 20.3 Å². The SMILES string of the molecule is CCCC(C)(C)n1cncn1. The monoisotopic (exact) mass is 153 g/mol. The molecular formula is C8H15N3. The van der Waals surface area contributed by atoms with Crippen LogP contribution in [0, 0.1) is 0 Å². The van der Waals surface area contributed by atoms with Crippen LogP contribution < -0.4 is 0 Å². The lowest BCUT2D eigenvalue weighted by molar-refractivity contribution is 0.292. The van der Waals surface area contributed by atoms with E-state index in [1.54, 1.807) is 12.7 Å². The summed E-state index contributed by atoms with van der Waals surface area (Å²) in [6.45, 7) is 6.52. The zero-order valence-electron chi connectivity index (χ0n) is 7.41. The average molecular weight is 153 g/mol. The van der Waals surface area contributed by atoms with Crippen molar-refractivity contribution >= 4 is 0 Å². The highest BCUT2D eigenvalue weighted by molar-refractivity contribution is 4.75. The van der Waals surface area contributed by atoms with Gasteiger partial charge in [-0.15, -0.1) is 0 Å². The van der Waals surface area contributed by atoms with Crippen molar-refractivity contribution in [2.24, 2.45) is 0 Å². The van der Waals surface area contributed by atoms with Crippen molar-refractivity contribution in [3.8, 4) is 0 Å². The fourth-order valence-corrected chi connectivity index (χ4v) is 1.25. The lowest BCUT2D eigenvalue weighted by atomic mass is 10.00. The molecule has 3 nitrogen and oxygen atoms in total. The van der Waals surface area contributed by atoms with Crippen molar-refractivity contribution in [1.82, 2.24) is 14.8 Å². The molecule has 0 amide bonds. The number of hydrogen-bond acceptors (Lipinski definition) is 2. The summed E-state index contributed by atoms with van der Waals surface area (Å²) >= 11 is 0. The Morgan fingerprint density at radius 3 is 2.64 bits per heavy atom. The molecule has 0 spiro atoms. The van der Waals surface area contributed by atoms with E-state index < -0.39 is 0 Å². The predicted molar refractivity (Wildman–Crippen MR) is 44.3 cm³/mol. The molecule has 0 atom stereocenters. The summed E-state index contributed by atoms with van der Waals surface area (Å²) in [4.78, 5) is 3.92. The van der Waals surface area contributed by atoms with E-state index in [0.717, 1.165) is 6.42 Å². The molecule has 0 aliphatic heterocycles. The molecule has 1 rings (SSSR count). The van der Waals surface area contributed by atoms with E-state index in [1.165, 1.54) is 6.42 Å². The van der Waals surface area contributed by atoms with Crippen molar-refractivity contribution in [2.75, 3.05) is 0 Å². The smallest absolute Gasteiger partial charge is 0.137 e. The summed E-state index contributed by atoms with van der Waals surface area (Å²) in [5.41, 5.74) is 0.116. The average Bonchev–Trinajstić information content (AvgIpc) is 2.37. The molecular weight excluding hydrogens is 138 g/mol. The van der Waals surface area contributed by atoms with Gasteiger partial charge in [-0.3, -0.25) is 0 Å². The maximum Gasteiger partial charge on any atom is 0.137 e. The van der Waals surface area contributed by atoms with Crippen LogP contribution in [0.1, 0.15) is 33.6 Å². The minimum absolute atomic E-state index is 0.116. The summed E-state index contributed by atoms with van der Waals surface area (Å²) in [5.74, 6) is 0. The summed E-state index contributed by atoms with van der Waals surface area (Å²) in [6.07, 6.45) is 5.66. The Morgan fingerprint density at radius 2 is 2.18 bits per heavy atom. The third kappa shape index (κ3) is 1.79. The highest BCUT2D eigenvalue weighted by atomic mass is 15.3. The van der Waals surface area contributed by atoms with Crippen molar-refractivity contribution in [3.05, 3.63) is 12.7 Å². The third-order valence-corrected chi connectivity index (χ3v) is 1.90. The number of rotatable bonds is 3. The molecule has 0 aliphatic rings. The lowest BCUT2D eigenvalue weighted by Gasteiger charge is -2.23. The molecule has 0 N–H and O–H groups in total. The Kier molecular flexibility index (Phi) is 2.27. The molecule has 0 saturated carbocycles. The third-order valence-electron chi connectivity index (χ3n) is 1.90. The van der Waals surface area contributed by atoms with Crippen LogP contribution in [0.4, 0.5) is 0 Å². The normalized spacial score (nSPS) is 11.9. The molecule has 0 aliphatic carbocycles. The molecule has 3 heteroatoms. The molecule has 1 aromatic heterocycles. The minimum Gasteiger partial charge on any atom is -0.247 e. The van der Waals surface area contributed by atoms with Gasteiger partial charge in [0.05, 0.1) is 5.54 Å². The van der Waals surface area contributed by atoms with Crippen LogP contribution in [-0.4, -0.2) is 14.8 Å². The Labute approximate surface area is 67.4 Å². The van der Waals surface area contributed by atoms with E-state index in [4.69, 9.17) is 0 Å². The number of aromatic nitrogens is 3. The van der Waals surface area contributed by atoms with Crippen molar-refractivity contribution < 1.29 is 0 Å². The molecule has 0 bridgehead atoms. The molecule has 11 heavy (non-hydrogen) atoms. The van der Waals surface area contributed by atoms with E-state index in [-0.39, 0.29) is 5.54 Å². The Morgan fingerprint density at radius 1 is 1.45 bits per heavy atom. The number of nitrogens with zero attached hydrogens (tertiary/aromatic N) is 3. The van der Waals surface area contributed by atoms with E-state index in [9.17, 15) is 0 Å². The molecule has 0 saturated heterocycles. The molecule has 0 aromatic carbocycles. The fourth-order valence-electron chi connectivity index (χ4n) is 1.25. The standard InChI is InChI=1S/C8H15N3/c1-4-5-8(2,3)11-7-9-6-10-11/h6-7H,4-5H2,1-3H3. The zero-order chi connectivity index (χ0) is 8.32. The van der Waals surface area contributed by atoms with Crippen molar-refractivity contribution in [2.45, 2.75) is 39.2 Å². The molecule has 0 unspecified atom stereocenters. The van der Waals surface area contributed by atoms with Crippen molar-refractivity contribution in [3.63, 3.8) is 0 Å². The second kappa shape index (κ2) is 3.03. The second-order valence-electron chi connectivity index (χ2n) is 3.40. The van der Waals surface area contributed by atoms with Gasteiger partial charge in [0.15, 0.2) is 0 Å². The fraction of sp³-hybridized carbons (Fsp3) is 0.750. The van der Waals surface area contributed by atoms with Gasteiger partial charge in [-0.1, -0.05) is 13.3 Å². The Bertz CT molecular complexity index is 201. The highest BCUT2D eigenvalue weighted by Crippen LogP contribution is 2.18. The van der Waals surface area contributed by atoms with Gasteiger partial charge in [-0.25, -0.2) is 9.67 Å². The quantitative estimate of drug-likeness (QED) is 0.663. The van der Waals surface area contributed by atoms with E-state index in [1.807, 2.05) is 4.68 Å². The zero-order valence-corrected chi connectivity index (χ0v) is 7.41. The second-order valence-corrected chi connectivity index (χ2v) is 3.40. The molecule has 1 aromatic rings. The first kappa shape index (κ1) is 8.24. The highest BCUT2D eigenvalue weighted by Gasteiger charge is 2.18. The van der Waals surface area contributed by atoms with Gasteiger partial charge < -0.3 is 0 Å². The largest absolute Gasteiger partial charge is 0.247 e. The first-order valence-corrected chi connectivity index (χ1v) is 4.02. The van der Waals surface area contributed by atoms with Crippen LogP contribution >= 0.6 is 0 Å². The molecule has 0 radical (unpaired) electrons. The van der Waals surface area contributed by atoms with E-state index >= 15 is 0 Å². The van der Waals surface area contributed by atoms with Gasteiger partial charge in [0.1, 0.15) is 12.7 Å². The summed E-state index contributed by atoms with van der Waals surface area (Å²) < 4.78 is 1.91. The van der Waals surface area contributed by atoms with E-state index in [0.29, 0.717) is 0 Å². The first-order chi connectivity index (χ1) is 5.17. The van der Waals surface area contributed by atoms with Crippen LogP contribution in [-0.2, 0) is 5.54 Å². The van der Waals surface area contributed by atoms with Crippen molar-refractivity contribution in [1.29, 1.82) is 0 Å². The summed E-state index contributed by atoms with van der Waals surface area (Å²) in [7, 11) is 0. The van der Waals surface area contributed by atoms with Crippen LogP contribution in [0.25, 0.3) is 0 Å². The van der Waals surface area contributed by atoms with Gasteiger partial charge in [0.25, 0.3) is 0 Å². The van der Waals surface area contributed by atoms with Gasteiger partial charge >= 0.3 is 0 Å². The van der Waals surface area contributed by atoms with Crippen LogP contribution in [0.5, 0.6) is 0 Å². The Balaban J connectivity index is 2.73. The first-order valence-electron chi connectivity index (χ1n) is 4.02. The molecule has 0 fully saturated rings. The maximum absolute atomic E-state index is 4.11. The summed E-state index contributed by atoms with van der Waals surface area (Å²) in [5, 5.41) is 4.11. The number of hydrogen-bond donors (Lipinski definition) is 0.